The van der Waals surface area contributed by atoms with Crippen LogP contribution in [0.25, 0.3) is 0 Å². The smallest absolute Gasteiger partial charge is 0.289 e. The van der Waals surface area contributed by atoms with Crippen molar-refractivity contribution in [1.82, 2.24) is 9.80 Å². The molecule has 0 N–H and O–H groups in total. The van der Waals surface area contributed by atoms with Crippen LogP contribution >= 0.6 is 0 Å². The van der Waals surface area contributed by atoms with Gasteiger partial charge in [-0.05, 0) is 24.3 Å². The Balaban J connectivity index is 1.43. The van der Waals surface area contributed by atoms with Gasteiger partial charge in [-0.25, -0.2) is 0 Å². The van der Waals surface area contributed by atoms with Gasteiger partial charge in [0.15, 0.2) is 5.76 Å². The third-order valence-corrected chi connectivity index (χ3v) is 4.55. The average Bonchev–Trinajstić information content (AvgIpc) is 3.21. The van der Waals surface area contributed by atoms with Crippen molar-refractivity contribution in [3.05, 3.63) is 54.5 Å². The van der Waals surface area contributed by atoms with Gasteiger partial charge in [0.1, 0.15) is 0 Å². The molecule has 0 spiro atoms. The number of hydrogen-bond acceptors (Lipinski definition) is 4. The van der Waals surface area contributed by atoms with E-state index in [0.717, 1.165) is 18.8 Å². The van der Waals surface area contributed by atoms with Crippen molar-refractivity contribution in [2.75, 3.05) is 44.7 Å². The summed E-state index contributed by atoms with van der Waals surface area (Å²) in [5.74, 6) is 0.415. The average molecular weight is 341 g/mol. The number of carbonyl (C=O) groups is 2. The molecule has 2 heterocycles. The second-order valence-corrected chi connectivity index (χ2v) is 6.15. The minimum atomic E-state index is -0.0652. The standard InChI is InChI=1S/C19H23N3O3/c1-20(16-6-3-2-4-7-16)18(23)9-10-21-11-13-22(14-12-21)19(24)17-8-5-15-25-17/h2-8,15H,9-14H2,1H3. The second-order valence-electron chi connectivity index (χ2n) is 6.15. The van der Waals surface area contributed by atoms with Crippen LogP contribution in [0.3, 0.4) is 0 Å². The fraction of sp³-hybridized carbons (Fsp3) is 0.368. The van der Waals surface area contributed by atoms with Crippen LogP contribution in [0.15, 0.2) is 53.1 Å². The van der Waals surface area contributed by atoms with Crippen molar-refractivity contribution in [2.24, 2.45) is 0 Å². The van der Waals surface area contributed by atoms with E-state index in [1.165, 1.54) is 6.26 Å². The zero-order valence-electron chi connectivity index (χ0n) is 14.4. The highest BCUT2D eigenvalue weighted by Gasteiger charge is 2.24. The zero-order chi connectivity index (χ0) is 17.6. The number of furan rings is 1. The maximum atomic E-state index is 12.3. The van der Waals surface area contributed by atoms with Crippen LogP contribution in [0.1, 0.15) is 17.0 Å². The summed E-state index contributed by atoms with van der Waals surface area (Å²) in [4.78, 5) is 30.3. The Morgan fingerprint density at radius 2 is 1.76 bits per heavy atom. The van der Waals surface area contributed by atoms with Gasteiger partial charge in [0.2, 0.25) is 5.91 Å². The lowest BCUT2D eigenvalue weighted by atomic mass is 10.2. The fourth-order valence-corrected chi connectivity index (χ4v) is 2.95. The number of hydrogen-bond donors (Lipinski definition) is 0. The number of nitrogens with zero attached hydrogens (tertiary/aromatic N) is 3. The first-order valence-corrected chi connectivity index (χ1v) is 8.52. The minimum Gasteiger partial charge on any atom is -0.459 e. The van der Waals surface area contributed by atoms with Crippen LogP contribution in [0.5, 0.6) is 0 Å². The molecule has 0 radical (unpaired) electrons. The molecule has 1 aliphatic heterocycles. The molecule has 0 atom stereocenters. The number of piperazine rings is 1. The Bertz CT molecular complexity index is 692. The highest BCUT2D eigenvalue weighted by Crippen LogP contribution is 2.13. The summed E-state index contributed by atoms with van der Waals surface area (Å²) in [5.41, 5.74) is 0.904. The van der Waals surface area contributed by atoms with E-state index in [1.807, 2.05) is 30.3 Å². The summed E-state index contributed by atoms with van der Waals surface area (Å²) < 4.78 is 5.17. The Labute approximate surface area is 147 Å². The monoisotopic (exact) mass is 341 g/mol. The molecule has 1 aliphatic rings. The number of para-hydroxylation sites is 1. The summed E-state index contributed by atoms with van der Waals surface area (Å²) in [6.45, 7) is 3.56. The summed E-state index contributed by atoms with van der Waals surface area (Å²) in [6, 6.07) is 13.0. The molecule has 0 bridgehead atoms. The van der Waals surface area contributed by atoms with Gasteiger partial charge in [-0.2, -0.15) is 0 Å². The Kier molecular flexibility index (Phi) is 5.50. The summed E-state index contributed by atoms with van der Waals surface area (Å²) in [7, 11) is 1.80. The first kappa shape index (κ1) is 17.2. The topological polar surface area (TPSA) is 57.0 Å². The summed E-state index contributed by atoms with van der Waals surface area (Å²) in [6.07, 6.45) is 1.98. The van der Waals surface area contributed by atoms with E-state index in [4.69, 9.17) is 4.42 Å². The maximum Gasteiger partial charge on any atom is 0.289 e. The van der Waals surface area contributed by atoms with Gasteiger partial charge in [-0.1, -0.05) is 18.2 Å². The van der Waals surface area contributed by atoms with Gasteiger partial charge < -0.3 is 14.2 Å². The first-order valence-electron chi connectivity index (χ1n) is 8.52. The van der Waals surface area contributed by atoms with E-state index in [-0.39, 0.29) is 11.8 Å². The van der Waals surface area contributed by atoms with E-state index in [9.17, 15) is 9.59 Å². The highest BCUT2D eigenvalue weighted by atomic mass is 16.3. The molecule has 1 fully saturated rings. The molecule has 3 rings (SSSR count). The van der Waals surface area contributed by atoms with E-state index >= 15 is 0 Å². The van der Waals surface area contributed by atoms with E-state index in [1.54, 1.807) is 29.0 Å². The first-order chi connectivity index (χ1) is 12.1. The molecule has 132 valence electrons. The lowest BCUT2D eigenvalue weighted by Crippen LogP contribution is -2.49. The molecule has 6 nitrogen and oxygen atoms in total. The number of anilines is 1. The van der Waals surface area contributed by atoms with E-state index in [0.29, 0.717) is 31.8 Å². The summed E-state index contributed by atoms with van der Waals surface area (Å²) in [5, 5.41) is 0. The fourth-order valence-electron chi connectivity index (χ4n) is 2.95. The predicted octanol–water partition coefficient (Wildman–Crippen LogP) is 2.09. The van der Waals surface area contributed by atoms with Gasteiger partial charge in [0.05, 0.1) is 6.26 Å². The number of carbonyl (C=O) groups excluding carboxylic acids is 2. The molecule has 0 unspecified atom stereocenters. The molecule has 25 heavy (non-hydrogen) atoms. The zero-order valence-corrected chi connectivity index (χ0v) is 14.4. The van der Waals surface area contributed by atoms with Crippen LogP contribution in [-0.2, 0) is 4.79 Å². The summed E-state index contributed by atoms with van der Waals surface area (Å²) >= 11 is 0. The largest absolute Gasteiger partial charge is 0.459 e. The lowest BCUT2D eigenvalue weighted by molar-refractivity contribution is -0.118. The quantitative estimate of drug-likeness (QED) is 0.836. The van der Waals surface area contributed by atoms with Gasteiger partial charge in [-0.15, -0.1) is 0 Å². The third kappa shape index (κ3) is 4.28. The van der Waals surface area contributed by atoms with Crippen molar-refractivity contribution in [3.63, 3.8) is 0 Å². The molecule has 2 aromatic rings. The van der Waals surface area contributed by atoms with Crippen LogP contribution in [0.4, 0.5) is 5.69 Å². The highest BCUT2D eigenvalue weighted by molar-refractivity contribution is 5.93. The van der Waals surface area contributed by atoms with Crippen molar-refractivity contribution in [2.45, 2.75) is 6.42 Å². The van der Waals surface area contributed by atoms with Gasteiger partial charge in [-0.3, -0.25) is 14.5 Å². The lowest BCUT2D eigenvalue weighted by Gasteiger charge is -2.34. The molecular formula is C19H23N3O3. The number of benzene rings is 1. The van der Waals surface area contributed by atoms with Crippen LogP contribution in [0.2, 0.25) is 0 Å². The molecule has 0 saturated carbocycles. The van der Waals surface area contributed by atoms with Gasteiger partial charge in [0.25, 0.3) is 5.91 Å². The Morgan fingerprint density at radius 1 is 1.04 bits per heavy atom. The van der Waals surface area contributed by atoms with Crippen molar-refractivity contribution < 1.29 is 14.0 Å². The molecule has 6 heteroatoms. The Morgan fingerprint density at radius 3 is 2.40 bits per heavy atom. The molecule has 1 saturated heterocycles. The van der Waals surface area contributed by atoms with Crippen LogP contribution in [-0.4, -0.2) is 61.4 Å². The Hall–Kier alpha value is -2.60. The normalized spacial score (nSPS) is 15.2. The molecule has 1 aromatic heterocycles. The van der Waals surface area contributed by atoms with Gasteiger partial charge >= 0.3 is 0 Å². The molecule has 2 amide bonds. The minimum absolute atomic E-state index is 0.0652. The number of amides is 2. The number of rotatable bonds is 5. The van der Waals surface area contributed by atoms with Crippen molar-refractivity contribution >= 4 is 17.5 Å². The maximum absolute atomic E-state index is 12.3. The molecular weight excluding hydrogens is 318 g/mol. The molecule has 1 aromatic carbocycles. The predicted molar refractivity (Wildman–Crippen MR) is 95.5 cm³/mol. The third-order valence-electron chi connectivity index (χ3n) is 4.55. The second kappa shape index (κ2) is 7.98. The van der Waals surface area contributed by atoms with E-state index < -0.39 is 0 Å². The van der Waals surface area contributed by atoms with Crippen molar-refractivity contribution in [3.8, 4) is 0 Å². The van der Waals surface area contributed by atoms with Crippen LogP contribution < -0.4 is 4.90 Å². The van der Waals surface area contributed by atoms with E-state index in [2.05, 4.69) is 4.90 Å². The molecule has 0 aliphatic carbocycles. The van der Waals surface area contributed by atoms with Gasteiger partial charge in [0, 0.05) is 51.9 Å². The SMILES string of the molecule is CN(C(=O)CCN1CCN(C(=O)c2ccco2)CC1)c1ccccc1. The van der Waals surface area contributed by atoms with Crippen LogP contribution in [0, 0.1) is 0 Å². The van der Waals surface area contributed by atoms with Crippen molar-refractivity contribution in [1.29, 1.82) is 0 Å².